The van der Waals surface area contributed by atoms with Gasteiger partial charge in [0.25, 0.3) is 5.91 Å². The third-order valence-electron chi connectivity index (χ3n) is 5.16. The lowest BCUT2D eigenvalue weighted by molar-refractivity contribution is 0.0227. The number of rotatable bonds is 4. The molecule has 0 spiro atoms. The lowest BCUT2D eigenvalue weighted by Crippen LogP contribution is -2.44. The van der Waals surface area contributed by atoms with E-state index >= 15 is 0 Å². The van der Waals surface area contributed by atoms with Crippen LogP contribution in [-0.2, 0) is 0 Å². The van der Waals surface area contributed by atoms with Gasteiger partial charge in [0.05, 0.1) is 16.6 Å². The maximum absolute atomic E-state index is 12.8. The predicted octanol–water partition coefficient (Wildman–Crippen LogP) is 5.46. The molecule has 25 heavy (non-hydrogen) atoms. The number of ether oxygens (including phenoxy) is 1. The molecule has 0 unspecified atom stereocenters. The Balaban J connectivity index is 1.91. The van der Waals surface area contributed by atoms with Crippen molar-refractivity contribution in [2.24, 2.45) is 0 Å². The standard InChI is InChI=1S/C21H24ClNO2/c1-4-21(5-2)13-18(16-8-6-7-9-19(16)25-21)23-20(24)15-11-10-14(3)12-17(15)22/h6-12,18H,4-5,13H2,1-3H3,(H,23,24)/t18-/m1/s1. The lowest BCUT2D eigenvalue weighted by atomic mass is 9.83. The number of amides is 1. The molecule has 0 aromatic heterocycles. The number of benzene rings is 2. The van der Waals surface area contributed by atoms with Gasteiger partial charge in [-0.25, -0.2) is 0 Å². The van der Waals surface area contributed by atoms with Crippen molar-refractivity contribution >= 4 is 17.5 Å². The van der Waals surface area contributed by atoms with E-state index in [4.69, 9.17) is 16.3 Å². The van der Waals surface area contributed by atoms with Crippen LogP contribution in [0.2, 0.25) is 5.02 Å². The highest BCUT2D eigenvalue weighted by molar-refractivity contribution is 6.33. The number of hydrogen-bond donors (Lipinski definition) is 1. The molecule has 1 N–H and O–H groups in total. The Hall–Kier alpha value is -2.00. The van der Waals surface area contributed by atoms with Gasteiger partial charge in [-0.15, -0.1) is 0 Å². The topological polar surface area (TPSA) is 38.3 Å². The first-order valence-corrected chi connectivity index (χ1v) is 9.21. The average molecular weight is 358 g/mol. The van der Waals surface area contributed by atoms with Crippen molar-refractivity contribution in [3.05, 3.63) is 64.2 Å². The van der Waals surface area contributed by atoms with Crippen LogP contribution in [0, 0.1) is 6.92 Å². The van der Waals surface area contributed by atoms with E-state index in [1.54, 1.807) is 6.07 Å². The molecule has 3 rings (SSSR count). The van der Waals surface area contributed by atoms with Gasteiger partial charge in [-0.05, 0) is 43.5 Å². The number of fused-ring (bicyclic) bond motifs is 1. The minimum Gasteiger partial charge on any atom is -0.487 e. The highest BCUT2D eigenvalue weighted by Gasteiger charge is 2.39. The van der Waals surface area contributed by atoms with Crippen LogP contribution in [0.25, 0.3) is 0 Å². The van der Waals surface area contributed by atoms with Crippen LogP contribution in [0.5, 0.6) is 5.75 Å². The average Bonchev–Trinajstić information content (AvgIpc) is 2.61. The molecule has 0 saturated heterocycles. The van der Waals surface area contributed by atoms with Crippen LogP contribution in [0.15, 0.2) is 42.5 Å². The van der Waals surface area contributed by atoms with E-state index < -0.39 is 0 Å². The molecule has 1 amide bonds. The van der Waals surface area contributed by atoms with E-state index in [-0.39, 0.29) is 17.6 Å². The number of carbonyl (C=O) groups excluding carboxylic acids is 1. The van der Waals surface area contributed by atoms with E-state index in [1.165, 1.54) is 0 Å². The summed E-state index contributed by atoms with van der Waals surface area (Å²) in [5.41, 5.74) is 2.32. The van der Waals surface area contributed by atoms with Crippen molar-refractivity contribution in [1.82, 2.24) is 5.32 Å². The summed E-state index contributed by atoms with van der Waals surface area (Å²) in [5, 5.41) is 3.65. The molecule has 1 aliphatic heterocycles. The smallest absolute Gasteiger partial charge is 0.253 e. The van der Waals surface area contributed by atoms with Gasteiger partial charge in [0.1, 0.15) is 11.4 Å². The number of halogens is 1. The molecule has 132 valence electrons. The summed E-state index contributed by atoms with van der Waals surface area (Å²) in [4.78, 5) is 12.8. The maximum atomic E-state index is 12.8. The summed E-state index contributed by atoms with van der Waals surface area (Å²) in [7, 11) is 0. The van der Waals surface area contributed by atoms with Gasteiger partial charge in [-0.3, -0.25) is 4.79 Å². The molecular weight excluding hydrogens is 334 g/mol. The Kier molecular flexibility index (Phi) is 5.05. The number of nitrogens with one attached hydrogen (secondary N) is 1. The van der Waals surface area contributed by atoms with Crippen LogP contribution in [0.1, 0.15) is 60.6 Å². The molecule has 2 aromatic carbocycles. The first-order valence-electron chi connectivity index (χ1n) is 8.83. The van der Waals surface area contributed by atoms with Crippen LogP contribution < -0.4 is 10.1 Å². The van der Waals surface area contributed by atoms with Crippen LogP contribution >= 0.6 is 11.6 Å². The minimum absolute atomic E-state index is 0.0882. The molecule has 0 aliphatic carbocycles. The van der Waals surface area contributed by atoms with E-state index in [2.05, 4.69) is 19.2 Å². The van der Waals surface area contributed by atoms with Gasteiger partial charge in [-0.1, -0.05) is 49.7 Å². The minimum atomic E-state index is -0.247. The molecule has 1 heterocycles. The summed E-state index contributed by atoms with van der Waals surface area (Å²) in [6.07, 6.45) is 2.55. The summed E-state index contributed by atoms with van der Waals surface area (Å²) in [6, 6.07) is 13.4. The van der Waals surface area contributed by atoms with Gasteiger partial charge in [-0.2, -0.15) is 0 Å². The van der Waals surface area contributed by atoms with Crippen molar-refractivity contribution in [3.63, 3.8) is 0 Å². The second-order valence-electron chi connectivity index (χ2n) is 6.74. The highest BCUT2D eigenvalue weighted by atomic mass is 35.5. The number of carbonyl (C=O) groups is 1. The summed E-state index contributed by atoms with van der Waals surface area (Å²) in [6.45, 7) is 6.22. The van der Waals surface area contributed by atoms with E-state index in [0.717, 1.165) is 36.1 Å². The Bertz CT molecular complexity index is 783. The van der Waals surface area contributed by atoms with Crippen LogP contribution in [0.4, 0.5) is 0 Å². The molecular formula is C21H24ClNO2. The van der Waals surface area contributed by atoms with Crippen LogP contribution in [0.3, 0.4) is 0 Å². The van der Waals surface area contributed by atoms with Gasteiger partial charge in [0.2, 0.25) is 0 Å². The SMILES string of the molecule is CCC1(CC)C[C@@H](NC(=O)c2ccc(C)cc2Cl)c2ccccc2O1. The van der Waals surface area contributed by atoms with E-state index in [0.29, 0.717) is 10.6 Å². The van der Waals surface area contributed by atoms with E-state index in [9.17, 15) is 4.79 Å². The van der Waals surface area contributed by atoms with Gasteiger partial charge in [0, 0.05) is 12.0 Å². The second-order valence-corrected chi connectivity index (χ2v) is 7.15. The molecule has 3 nitrogen and oxygen atoms in total. The second kappa shape index (κ2) is 7.09. The fraction of sp³-hybridized carbons (Fsp3) is 0.381. The number of aryl methyl sites for hydroxylation is 1. The maximum Gasteiger partial charge on any atom is 0.253 e. The van der Waals surface area contributed by atoms with Crippen molar-refractivity contribution in [3.8, 4) is 5.75 Å². The van der Waals surface area contributed by atoms with Crippen molar-refractivity contribution in [2.45, 2.75) is 51.7 Å². The van der Waals surface area contributed by atoms with E-state index in [1.807, 2.05) is 43.3 Å². The predicted molar refractivity (Wildman–Crippen MR) is 101 cm³/mol. The fourth-order valence-electron chi connectivity index (χ4n) is 3.47. The normalized spacial score (nSPS) is 18.2. The van der Waals surface area contributed by atoms with Crippen molar-refractivity contribution in [2.75, 3.05) is 0 Å². The molecule has 0 radical (unpaired) electrons. The molecule has 1 aliphatic rings. The third kappa shape index (κ3) is 3.52. The quantitative estimate of drug-likeness (QED) is 0.788. The zero-order chi connectivity index (χ0) is 18.0. The number of para-hydroxylation sites is 1. The Labute approximate surface area is 154 Å². The molecule has 0 fully saturated rings. The van der Waals surface area contributed by atoms with Gasteiger partial charge >= 0.3 is 0 Å². The van der Waals surface area contributed by atoms with Crippen molar-refractivity contribution in [1.29, 1.82) is 0 Å². The molecule has 0 saturated carbocycles. The molecule has 1 atom stereocenters. The van der Waals surface area contributed by atoms with Crippen molar-refractivity contribution < 1.29 is 9.53 Å². The van der Waals surface area contributed by atoms with Gasteiger partial charge < -0.3 is 10.1 Å². The monoisotopic (exact) mass is 357 g/mol. The zero-order valence-corrected chi connectivity index (χ0v) is 15.7. The summed E-state index contributed by atoms with van der Waals surface area (Å²) >= 11 is 6.27. The largest absolute Gasteiger partial charge is 0.487 e. The molecule has 2 aromatic rings. The fourth-order valence-corrected chi connectivity index (χ4v) is 3.79. The first kappa shape index (κ1) is 17.8. The summed E-state index contributed by atoms with van der Waals surface area (Å²) < 4.78 is 6.30. The Morgan fingerprint density at radius 1 is 1.24 bits per heavy atom. The third-order valence-corrected chi connectivity index (χ3v) is 5.47. The highest BCUT2D eigenvalue weighted by Crippen LogP contribution is 2.42. The zero-order valence-electron chi connectivity index (χ0n) is 14.9. The summed E-state index contributed by atoms with van der Waals surface area (Å²) in [5.74, 6) is 0.713. The van der Waals surface area contributed by atoms with Crippen LogP contribution in [-0.4, -0.2) is 11.5 Å². The Morgan fingerprint density at radius 2 is 1.96 bits per heavy atom. The molecule has 4 heteroatoms. The first-order chi connectivity index (χ1) is 12.0. The molecule has 0 bridgehead atoms. The van der Waals surface area contributed by atoms with Gasteiger partial charge in [0.15, 0.2) is 0 Å². The number of hydrogen-bond acceptors (Lipinski definition) is 2. The lowest BCUT2D eigenvalue weighted by Gasteiger charge is -2.41. The Morgan fingerprint density at radius 3 is 2.64 bits per heavy atom.